The lowest BCUT2D eigenvalue weighted by Crippen LogP contribution is -2.36. The molecule has 1 aliphatic heterocycles. The number of fused-ring (bicyclic) bond motifs is 1. The first kappa shape index (κ1) is 18.2. The topological polar surface area (TPSA) is 66.1 Å². The number of nitrogens with zero attached hydrogens (tertiary/aromatic N) is 2. The van der Waals surface area contributed by atoms with Crippen LogP contribution in [0.2, 0.25) is 0 Å². The van der Waals surface area contributed by atoms with E-state index < -0.39 is 0 Å². The summed E-state index contributed by atoms with van der Waals surface area (Å²) in [6, 6.07) is 17.7. The summed E-state index contributed by atoms with van der Waals surface area (Å²) in [6.07, 6.45) is 1.54. The van der Waals surface area contributed by atoms with Crippen LogP contribution < -0.4 is 10.5 Å². The van der Waals surface area contributed by atoms with E-state index in [0.717, 1.165) is 17.7 Å². The van der Waals surface area contributed by atoms with Gasteiger partial charge in [-0.2, -0.15) is 0 Å². The van der Waals surface area contributed by atoms with Crippen molar-refractivity contribution in [1.29, 1.82) is 0 Å². The summed E-state index contributed by atoms with van der Waals surface area (Å²) in [7, 11) is 0. The Morgan fingerprint density at radius 3 is 2.61 bits per heavy atom. The van der Waals surface area contributed by atoms with Crippen LogP contribution in [0, 0.1) is 6.92 Å². The Balaban J connectivity index is 1.53. The number of hydrogen-bond donors (Lipinski definition) is 1. The highest BCUT2D eigenvalue weighted by Crippen LogP contribution is 2.32. The number of benzene rings is 2. The van der Waals surface area contributed by atoms with Crippen molar-refractivity contribution in [3.8, 4) is 11.4 Å². The number of rotatable bonds is 4. The lowest BCUT2D eigenvalue weighted by Gasteiger charge is -2.22. The summed E-state index contributed by atoms with van der Waals surface area (Å²) in [5.41, 5.74) is 4.13. The van der Waals surface area contributed by atoms with E-state index in [-0.39, 0.29) is 23.9 Å². The van der Waals surface area contributed by atoms with Gasteiger partial charge in [0.1, 0.15) is 5.82 Å². The van der Waals surface area contributed by atoms with E-state index >= 15 is 0 Å². The average molecular weight is 373 g/mol. The summed E-state index contributed by atoms with van der Waals surface area (Å²) >= 11 is 0. The Kier molecular flexibility index (Phi) is 4.82. The highest BCUT2D eigenvalue weighted by Gasteiger charge is 2.30. The van der Waals surface area contributed by atoms with Crippen LogP contribution in [0.25, 0.3) is 11.4 Å². The van der Waals surface area contributed by atoms with E-state index in [1.807, 2.05) is 60.4 Å². The Labute approximate surface area is 164 Å². The summed E-state index contributed by atoms with van der Waals surface area (Å²) in [4.78, 5) is 34.8. The zero-order valence-corrected chi connectivity index (χ0v) is 16.1. The van der Waals surface area contributed by atoms with Crippen LogP contribution in [0.5, 0.6) is 0 Å². The first-order valence-corrected chi connectivity index (χ1v) is 9.60. The zero-order valence-electron chi connectivity index (χ0n) is 16.1. The molecular weight excluding hydrogens is 350 g/mol. The van der Waals surface area contributed by atoms with Gasteiger partial charge in [0.15, 0.2) is 0 Å². The van der Waals surface area contributed by atoms with Gasteiger partial charge in [-0.25, -0.2) is 4.98 Å². The van der Waals surface area contributed by atoms with E-state index in [2.05, 4.69) is 23.0 Å². The van der Waals surface area contributed by atoms with E-state index in [4.69, 9.17) is 0 Å². The number of hydrogen-bond acceptors (Lipinski definition) is 3. The summed E-state index contributed by atoms with van der Waals surface area (Å²) < 4.78 is 0. The summed E-state index contributed by atoms with van der Waals surface area (Å²) in [5, 5.41) is 0. The molecule has 1 aromatic heterocycles. The molecule has 0 unspecified atom stereocenters. The quantitative estimate of drug-likeness (QED) is 0.759. The van der Waals surface area contributed by atoms with Crippen molar-refractivity contribution in [1.82, 2.24) is 9.97 Å². The number of H-pyrrole nitrogens is 1. The smallest absolute Gasteiger partial charge is 0.254 e. The minimum absolute atomic E-state index is 0.0448. The van der Waals surface area contributed by atoms with Gasteiger partial charge in [0.2, 0.25) is 5.91 Å². The molecule has 0 saturated heterocycles. The molecule has 2 heterocycles. The maximum Gasteiger partial charge on any atom is 0.254 e. The SMILES string of the molecule is Cc1nc(-c2ccccc2)[nH]c(=O)c1CCC(=O)N1c2ccccc2C[C@H]1C. The number of amides is 1. The lowest BCUT2D eigenvalue weighted by molar-refractivity contribution is -0.118. The maximum atomic E-state index is 12.9. The molecular formula is C23H23N3O2. The molecule has 0 fully saturated rings. The first-order valence-electron chi connectivity index (χ1n) is 9.60. The van der Waals surface area contributed by atoms with Gasteiger partial charge in [0, 0.05) is 35.0 Å². The number of aromatic amines is 1. The molecule has 0 aliphatic carbocycles. The van der Waals surface area contributed by atoms with Crippen LogP contribution in [0.3, 0.4) is 0 Å². The maximum absolute atomic E-state index is 12.9. The van der Waals surface area contributed by atoms with Gasteiger partial charge in [-0.3, -0.25) is 9.59 Å². The number of carbonyl (C=O) groups is 1. The molecule has 3 aromatic rings. The number of nitrogens with one attached hydrogen (secondary N) is 1. The van der Waals surface area contributed by atoms with Crippen molar-refractivity contribution in [3.05, 3.63) is 81.8 Å². The molecule has 5 heteroatoms. The van der Waals surface area contributed by atoms with Crippen molar-refractivity contribution in [2.75, 3.05) is 4.90 Å². The van der Waals surface area contributed by atoms with Crippen molar-refractivity contribution >= 4 is 11.6 Å². The fourth-order valence-corrected chi connectivity index (χ4v) is 3.94. The molecule has 4 rings (SSSR count). The largest absolute Gasteiger partial charge is 0.309 e. The fraction of sp³-hybridized carbons (Fsp3) is 0.261. The van der Waals surface area contributed by atoms with Gasteiger partial charge in [0.05, 0.1) is 0 Å². The predicted octanol–water partition coefficient (Wildman–Crippen LogP) is 3.66. The zero-order chi connectivity index (χ0) is 19.7. The Bertz CT molecular complexity index is 1070. The molecule has 142 valence electrons. The lowest BCUT2D eigenvalue weighted by atomic mass is 10.1. The fourth-order valence-electron chi connectivity index (χ4n) is 3.94. The van der Waals surface area contributed by atoms with Gasteiger partial charge in [-0.05, 0) is 38.3 Å². The third kappa shape index (κ3) is 3.36. The minimum Gasteiger partial charge on any atom is -0.309 e. The van der Waals surface area contributed by atoms with Crippen molar-refractivity contribution in [3.63, 3.8) is 0 Å². The molecule has 28 heavy (non-hydrogen) atoms. The summed E-state index contributed by atoms with van der Waals surface area (Å²) in [5.74, 6) is 0.601. The predicted molar refractivity (Wildman–Crippen MR) is 110 cm³/mol. The Morgan fingerprint density at radius 1 is 1.14 bits per heavy atom. The monoisotopic (exact) mass is 373 g/mol. The summed E-state index contributed by atoms with van der Waals surface area (Å²) in [6.45, 7) is 3.89. The van der Waals surface area contributed by atoms with E-state index in [0.29, 0.717) is 23.5 Å². The second-order valence-electron chi connectivity index (χ2n) is 7.29. The molecule has 1 aliphatic rings. The van der Waals surface area contributed by atoms with Crippen LogP contribution in [0.1, 0.15) is 30.2 Å². The van der Waals surface area contributed by atoms with Crippen molar-refractivity contribution in [2.24, 2.45) is 0 Å². The molecule has 0 saturated carbocycles. The molecule has 2 aromatic carbocycles. The second kappa shape index (κ2) is 7.43. The van der Waals surface area contributed by atoms with Crippen LogP contribution in [0.4, 0.5) is 5.69 Å². The molecule has 0 radical (unpaired) electrons. The van der Waals surface area contributed by atoms with Crippen LogP contribution in [0.15, 0.2) is 59.4 Å². The first-order chi connectivity index (χ1) is 13.5. The van der Waals surface area contributed by atoms with Crippen molar-refractivity contribution < 1.29 is 4.79 Å². The molecule has 0 spiro atoms. The van der Waals surface area contributed by atoms with Gasteiger partial charge >= 0.3 is 0 Å². The average Bonchev–Trinajstić information content (AvgIpc) is 3.03. The van der Waals surface area contributed by atoms with Crippen LogP contribution in [-0.2, 0) is 17.6 Å². The van der Waals surface area contributed by atoms with Crippen LogP contribution in [-0.4, -0.2) is 21.9 Å². The van der Waals surface area contributed by atoms with E-state index in [1.54, 1.807) is 0 Å². The van der Waals surface area contributed by atoms with Gasteiger partial charge in [-0.1, -0.05) is 48.5 Å². The number of carbonyl (C=O) groups excluding carboxylic acids is 1. The Hall–Kier alpha value is -3.21. The van der Waals surface area contributed by atoms with E-state index in [1.165, 1.54) is 5.56 Å². The van der Waals surface area contributed by atoms with Crippen molar-refractivity contribution in [2.45, 2.75) is 39.2 Å². The molecule has 1 amide bonds. The molecule has 1 atom stereocenters. The standard InChI is InChI=1S/C23H23N3O2/c1-15-14-18-10-6-7-11-20(18)26(15)21(27)13-12-19-16(2)24-22(25-23(19)28)17-8-4-3-5-9-17/h3-11,15H,12-14H2,1-2H3,(H,24,25,28)/t15-/m1/s1. The van der Waals surface area contributed by atoms with E-state index in [9.17, 15) is 9.59 Å². The van der Waals surface area contributed by atoms with Crippen LogP contribution >= 0.6 is 0 Å². The molecule has 1 N–H and O–H groups in total. The third-order valence-corrected chi connectivity index (χ3v) is 5.33. The number of aryl methyl sites for hydroxylation is 1. The highest BCUT2D eigenvalue weighted by atomic mass is 16.2. The second-order valence-corrected chi connectivity index (χ2v) is 7.29. The van der Waals surface area contributed by atoms with Gasteiger partial charge < -0.3 is 9.88 Å². The number of para-hydroxylation sites is 1. The molecule has 0 bridgehead atoms. The van der Waals surface area contributed by atoms with Gasteiger partial charge in [-0.15, -0.1) is 0 Å². The van der Waals surface area contributed by atoms with Gasteiger partial charge in [0.25, 0.3) is 5.56 Å². The minimum atomic E-state index is -0.172. The number of aromatic nitrogens is 2. The normalized spacial score (nSPS) is 15.5. The third-order valence-electron chi connectivity index (χ3n) is 5.33. The Morgan fingerprint density at radius 2 is 1.86 bits per heavy atom. The highest BCUT2D eigenvalue weighted by molar-refractivity contribution is 5.96. The molecule has 5 nitrogen and oxygen atoms in total. The number of anilines is 1.